The Morgan fingerprint density at radius 3 is 2.55 bits per heavy atom. The highest BCUT2D eigenvalue weighted by atomic mass is 19.3. The van der Waals surface area contributed by atoms with Crippen LogP contribution in [-0.4, -0.2) is 64.7 Å². The van der Waals surface area contributed by atoms with Crippen molar-refractivity contribution >= 4 is 23.8 Å². The van der Waals surface area contributed by atoms with E-state index in [1.807, 2.05) is 39.8 Å². The number of aromatic hydroxyl groups is 1. The first-order valence-electron chi connectivity index (χ1n) is 12.5. The first-order valence-corrected chi connectivity index (χ1v) is 12.5. The standard InChI is InChI=1S/C27H33F2N3O4.CH2O/c1-16-4-7-18(8-5-16)21(26(34)35)12-24-31-25-20(9-6-17(2)30-3)23(33)11-10-22(25)32(24)19-13-27(28,29)15-36-14-19;1-2/h4-5,7-8,10-11,17,19,21,30,33H,6,9,12-15H2,1-3H3,(H,34,35);1H2. The molecule has 2 aromatic carbocycles. The van der Waals surface area contributed by atoms with Gasteiger partial charge in [-0.15, -0.1) is 0 Å². The highest BCUT2D eigenvalue weighted by Gasteiger charge is 2.40. The highest BCUT2D eigenvalue weighted by molar-refractivity contribution is 5.83. The number of phenols is 1. The maximum Gasteiger partial charge on any atom is 0.311 e. The SMILES string of the molecule is C=O.CNC(C)CCc1c(O)ccc2c1nc(CC(C(=O)O)c1ccc(C)cc1)n2C1COCC(F)(F)C1. The fourth-order valence-electron chi connectivity index (χ4n) is 4.86. The van der Waals surface area contributed by atoms with Crippen LogP contribution in [0.2, 0.25) is 0 Å². The molecule has 0 amide bonds. The summed E-state index contributed by atoms with van der Waals surface area (Å²) in [6.07, 6.45) is 0.847. The summed E-state index contributed by atoms with van der Waals surface area (Å²) < 4.78 is 35.7. The third-order valence-electron chi connectivity index (χ3n) is 7.02. The van der Waals surface area contributed by atoms with Crippen LogP contribution < -0.4 is 5.32 Å². The molecule has 8 nitrogen and oxygen atoms in total. The van der Waals surface area contributed by atoms with Crippen LogP contribution in [0, 0.1) is 6.92 Å². The summed E-state index contributed by atoms with van der Waals surface area (Å²) >= 11 is 0. The molecule has 3 unspecified atom stereocenters. The van der Waals surface area contributed by atoms with Gasteiger partial charge in [0.05, 0.1) is 29.6 Å². The molecular weight excluding hydrogens is 496 g/mol. The number of imidazole rings is 1. The van der Waals surface area contributed by atoms with Gasteiger partial charge in [0, 0.05) is 24.4 Å². The van der Waals surface area contributed by atoms with E-state index in [1.165, 1.54) is 0 Å². The van der Waals surface area contributed by atoms with Gasteiger partial charge >= 0.3 is 5.97 Å². The van der Waals surface area contributed by atoms with Gasteiger partial charge in [-0.25, -0.2) is 13.8 Å². The van der Waals surface area contributed by atoms with E-state index >= 15 is 0 Å². The van der Waals surface area contributed by atoms with E-state index in [1.54, 1.807) is 28.8 Å². The molecule has 10 heteroatoms. The maximum atomic E-state index is 14.4. The maximum absolute atomic E-state index is 14.4. The minimum absolute atomic E-state index is 0.0161. The first kappa shape index (κ1) is 29.2. The van der Waals surface area contributed by atoms with E-state index in [4.69, 9.17) is 14.5 Å². The molecule has 3 N–H and O–H groups in total. The van der Waals surface area contributed by atoms with Gasteiger partial charge < -0.3 is 29.6 Å². The van der Waals surface area contributed by atoms with Crippen LogP contribution in [0.5, 0.6) is 5.75 Å². The fraction of sp³-hybridized carbons (Fsp3) is 0.464. The van der Waals surface area contributed by atoms with Gasteiger partial charge in [-0.05, 0) is 51.4 Å². The number of halogens is 2. The minimum Gasteiger partial charge on any atom is -0.508 e. The zero-order valence-electron chi connectivity index (χ0n) is 21.9. The normalized spacial score (nSPS) is 18.4. The molecule has 0 bridgehead atoms. The molecule has 1 aliphatic rings. The minimum atomic E-state index is -3.00. The number of phenolic OH excluding ortho intramolecular Hbond substituents is 1. The Morgan fingerprint density at radius 1 is 1.26 bits per heavy atom. The quantitative estimate of drug-likeness (QED) is 0.375. The lowest BCUT2D eigenvalue weighted by molar-refractivity contribution is -0.139. The lowest BCUT2D eigenvalue weighted by Crippen LogP contribution is -2.37. The van der Waals surface area contributed by atoms with Crippen LogP contribution in [-0.2, 0) is 27.2 Å². The number of aryl methyl sites for hydroxylation is 2. The van der Waals surface area contributed by atoms with Crippen LogP contribution in [0.25, 0.3) is 11.0 Å². The molecule has 0 aliphatic carbocycles. The summed E-state index contributed by atoms with van der Waals surface area (Å²) in [7, 11) is 1.86. The molecule has 3 aromatic rings. The topological polar surface area (TPSA) is 114 Å². The Labute approximate surface area is 220 Å². The van der Waals surface area contributed by atoms with Gasteiger partial charge in [0.15, 0.2) is 0 Å². The Bertz CT molecular complexity index is 1250. The van der Waals surface area contributed by atoms with Gasteiger partial charge in [-0.2, -0.15) is 0 Å². The van der Waals surface area contributed by atoms with Crippen LogP contribution in [0.3, 0.4) is 0 Å². The molecule has 3 atom stereocenters. The Kier molecular flexibility index (Phi) is 9.56. The van der Waals surface area contributed by atoms with Crippen molar-refractivity contribution in [2.45, 2.75) is 63.5 Å². The van der Waals surface area contributed by atoms with E-state index in [2.05, 4.69) is 5.32 Å². The molecule has 0 spiro atoms. The predicted octanol–water partition coefficient (Wildman–Crippen LogP) is 4.41. The number of fused-ring (bicyclic) bond motifs is 1. The van der Waals surface area contributed by atoms with Gasteiger partial charge in [0.2, 0.25) is 0 Å². The first-order chi connectivity index (χ1) is 18.1. The largest absolute Gasteiger partial charge is 0.508 e. The van der Waals surface area contributed by atoms with Crippen molar-refractivity contribution < 1.29 is 33.3 Å². The summed E-state index contributed by atoms with van der Waals surface area (Å²) in [5, 5.41) is 23.9. The van der Waals surface area contributed by atoms with Crippen molar-refractivity contribution in [3.05, 3.63) is 58.9 Å². The fourth-order valence-corrected chi connectivity index (χ4v) is 4.86. The molecular formula is C28H35F2N3O5. The zero-order valence-corrected chi connectivity index (χ0v) is 21.9. The molecule has 4 rings (SSSR count). The molecule has 1 aromatic heterocycles. The number of benzene rings is 2. The van der Waals surface area contributed by atoms with Crippen LogP contribution in [0.15, 0.2) is 36.4 Å². The number of alkyl halides is 2. The van der Waals surface area contributed by atoms with Crippen molar-refractivity contribution in [1.82, 2.24) is 14.9 Å². The summed E-state index contributed by atoms with van der Waals surface area (Å²) in [5.41, 5.74) is 3.35. The van der Waals surface area contributed by atoms with Crippen LogP contribution in [0.4, 0.5) is 8.78 Å². The second kappa shape index (κ2) is 12.4. The molecule has 2 heterocycles. The molecule has 38 heavy (non-hydrogen) atoms. The van der Waals surface area contributed by atoms with E-state index in [-0.39, 0.29) is 24.8 Å². The number of hydrogen-bond acceptors (Lipinski definition) is 6. The number of nitrogens with zero attached hydrogens (tertiary/aromatic N) is 2. The van der Waals surface area contributed by atoms with E-state index in [0.717, 1.165) is 12.0 Å². The number of ether oxygens (including phenoxy) is 1. The Morgan fingerprint density at radius 2 is 1.95 bits per heavy atom. The molecule has 1 fully saturated rings. The third-order valence-corrected chi connectivity index (χ3v) is 7.02. The number of carbonyl (C=O) groups excluding carboxylic acids is 1. The molecule has 0 radical (unpaired) electrons. The Hall–Kier alpha value is -3.37. The number of rotatable bonds is 9. The van der Waals surface area contributed by atoms with Gasteiger partial charge in [0.1, 0.15) is 25.0 Å². The van der Waals surface area contributed by atoms with Gasteiger partial charge in [-0.3, -0.25) is 4.79 Å². The van der Waals surface area contributed by atoms with Crippen LogP contribution >= 0.6 is 0 Å². The number of aliphatic carboxylic acids is 1. The van der Waals surface area contributed by atoms with Crippen molar-refractivity contribution in [1.29, 1.82) is 0 Å². The lowest BCUT2D eigenvalue weighted by atomic mass is 9.94. The summed E-state index contributed by atoms with van der Waals surface area (Å²) in [6.45, 7) is 5.39. The summed E-state index contributed by atoms with van der Waals surface area (Å²) in [5.74, 6) is -4.46. The number of nitrogens with one attached hydrogen (secondary N) is 1. The van der Waals surface area contributed by atoms with Crippen molar-refractivity contribution in [2.24, 2.45) is 0 Å². The molecule has 1 saturated heterocycles. The molecule has 206 valence electrons. The Balaban J connectivity index is 0.00000195. The van der Waals surface area contributed by atoms with Crippen molar-refractivity contribution in [2.75, 3.05) is 20.3 Å². The number of carboxylic acid groups (broad SMARTS) is 1. The van der Waals surface area contributed by atoms with Gasteiger partial charge in [0.25, 0.3) is 5.92 Å². The van der Waals surface area contributed by atoms with E-state index < -0.39 is 36.9 Å². The molecule has 0 saturated carbocycles. The van der Waals surface area contributed by atoms with E-state index in [0.29, 0.717) is 34.4 Å². The summed E-state index contributed by atoms with van der Waals surface area (Å²) in [4.78, 5) is 25.1. The summed E-state index contributed by atoms with van der Waals surface area (Å²) in [6, 6.07) is 9.95. The predicted molar refractivity (Wildman–Crippen MR) is 140 cm³/mol. The van der Waals surface area contributed by atoms with Crippen LogP contribution in [0.1, 0.15) is 54.2 Å². The highest BCUT2D eigenvalue weighted by Crippen LogP contribution is 2.38. The molecule has 1 aliphatic heterocycles. The average molecular weight is 532 g/mol. The third kappa shape index (κ3) is 6.54. The second-order valence-electron chi connectivity index (χ2n) is 9.79. The van der Waals surface area contributed by atoms with Crippen molar-refractivity contribution in [3.63, 3.8) is 0 Å². The monoisotopic (exact) mass is 531 g/mol. The number of carbonyl (C=O) groups is 2. The number of aromatic nitrogens is 2. The smallest absolute Gasteiger partial charge is 0.311 e. The zero-order chi connectivity index (χ0) is 28.0. The second-order valence-corrected chi connectivity index (χ2v) is 9.79. The lowest BCUT2D eigenvalue weighted by Gasteiger charge is -2.31. The average Bonchev–Trinajstić information content (AvgIpc) is 3.25. The van der Waals surface area contributed by atoms with Crippen molar-refractivity contribution in [3.8, 4) is 5.75 Å². The number of hydrogen-bond donors (Lipinski definition) is 3. The van der Waals surface area contributed by atoms with Gasteiger partial charge in [-0.1, -0.05) is 29.8 Å². The number of carboxylic acids is 1. The van der Waals surface area contributed by atoms with E-state index in [9.17, 15) is 23.8 Å².